The van der Waals surface area contributed by atoms with Gasteiger partial charge in [-0.1, -0.05) is 0 Å². The zero-order valence-corrected chi connectivity index (χ0v) is 8.49. The molecule has 0 atom stereocenters. The Morgan fingerprint density at radius 1 is 0.500 bits per heavy atom. The topological polar surface area (TPSA) is 0 Å². The summed E-state index contributed by atoms with van der Waals surface area (Å²) in [4.78, 5) is 0. The van der Waals surface area contributed by atoms with Crippen LogP contribution in [0, 0.1) is 0 Å². The summed E-state index contributed by atoms with van der Waals surface area (Å²) in [6, 6.07) is 0. The zero-order valence-electron chi connectivity index (χ0n) is 2.63. The van der Waals surface area contributed by atoms with Gasteiger partial charge in [-0.05, 0) is 0 Å². The Hall–Kier alpha value is 1.92. The molecule has 0 spiro atoms. The van der Waals surface area contributed by atoms with Gasteiger partial charge in [0.1, 0.15) is 0 Å². The molecule has 0 nitrogen and oxygen atoms in total. The van der Waals surface area contributed by atoms with E-state index in [0.29, 0.717) is 0 Å². The van der Waals surface area contributed by atoms with Crippen molar-refractivity contribution in [1.29, 1.82) is 0 Å². The fraction of sp³-hybridized carbons (Fsp3) is 0. The molecule has 0 amide bonds. The fourth-order valence-corrected chi connectivity index (χ4v) is 0. The molecule has 0 saturated heterocycles. The molecule has 0 heterocycles. The summed E-state index contributed by atoms with van der Waals surface area (Å²) in [5.74, 6) is 0. The van der Waals surface area contributed by atoms with Gasteiger partial charge in [0.15, 0.2) is 0 Å². The highest BCUT2D eigenvalue weighted by Gasteiger charge is -0.111. The molecule has 0 rings (SSSR count). The molecule has 4 heteroatoms. The van der Waals surface area contributed by atoms with Crippen LogP contribution < -0.4 is 0 Å². The van der Waals surface area contributed by atoms with E-state index >= 15 is 0 Å². The normalized spacial score (nSPS) is 0. The van der Waals surface area contributed by atoms with Crippen molar-refractivity contribution < 1.29 is 1.43 Å². The van der Waals surface area contributed by atoms with E-state index in [1.807, 2.05) is 0 Å². The van der Waals surface area contributed by atoms with E-state index in [9.17, 15) is 0 Å². The van der Waals surface area contributed by atoms with E-state index in [1.165, 1.54) is 0 Å². The minimum atomic E-state index is 0. The van der Waals surface area contributed by atoms with Crippen LogP contribution >= 0.6 is 67.9 Å². The van der Waals surface area contributed by atoms with Gasteiger partial charge in [0.2, 0.25) is 0 Å². The molecule has 0 N–H and O–H groups in total. The largest absolute Gasteiger partial charge is 1.00 e. The summed E-state index contributed by atoms with van der Waals surface area (Å²) < 4.78 is 0. The van der Waals surface area contributed by atoms with Gasteiger partial charge in [0.05, 0.1) is 0 Å². The van der Waals surface area contributed by atoms with Crippen molar-refractivity contribution in [2.75, 3.05) is 0 Å². The number of halogens is 4. The number of rotatable bonds is 0. The maximum atomic E-state index is 0. The predicted molar refractivity (Wildman–Crippen MR) is 42.4 cm³/mol. The molecule has 0 aliphatic rings. The first-order valence-electron chi connectivity index (χ1n) is 0. The van der Waals surface area contributed by atoms with E-state index in [-0.39, 0.29) is 69.4 Å². The minimum absolute atomic E-state index is 0. The average molecular weight is 325 g/mol. The van der Waals surface area contributed by atoms with Crippen LogP contribution in [0.5, 0.6) is 0 Å². The van der Waals surface area contributed by atoms with E-state index in [4.69, 9.17) is 0 Å². The van der Waals surface area contributed by atoms with Gasteiger partial charge < -0.3 is 0 Å². The monoisotopic (exact) mass is 321 g/mol. The lowest BCUT2D eigenvalue weighted by atomic mass is 79.9. The van der Waals surface area contributed by atoms with E-state index in [0.717, 1.165) is 0 Å². The van der Waals surface area contributed by atoms with Crippen LogP contribution in [-0.4, -0.2) is 0 Å². The molecule has 0 aromatic carbocycles. The van der Waals surface area contributed by atoms with Crippen LogP contribution in [0.1, 0.15) is 1.43 Å². The van der Waals surface area contributed by atoms with E-state index in [1.54, 1.807) is 0 Å². The van der Waals surface area contributed by atoms with Crippen molar-refractivity contribution in [3.05, 3.63) is 0 Å². The first-order valence-corrected chi connectivity index (χ1v) is 0. The Morgan fingerprint density at radius 2 is 0.500 bits per heavy atom. The van der Waals surface area contributed by atoms with Crippen LogP contribution in [0.15, 0.2) is 0 Å². The molecule has 0 aliphatic heterocycles. The van der Waals surface area contributed by atoms with Crippen molar-refractivity contribution in [3.8, 4) is 0 Å². The maximum absolute atomic E-state index is 0. The van der Waals surface area contributed by atoms with Crippen molar-refractivity contribution in [3.63, 3.8) is 0 Å². The molecule has 0 aromatic heterocycles. The fourth-order valence-electron chi connectivity index (χ4n) is 0. The Bertz CT molecular complexity index is 3.61. The third kappa shape index (κ3) is 9.07. The Morgan fingerprint density at radius 3 is 0.500 bits per heavy atom. The summed E-state index contributed by atoms with van der Waals surface area (Å²) in [6.45, 7) is 0. The molecule has 0 bridgehead atoms. The molecular weight excluding hydrogens is 320 g/mol. The molecular formula is H5Br4+. The second kappa shape index (κ2) is 20.5. The molecule has 0 radical (unpaired) electrons. The SMILES string of the molecule is Br.Br.Br.Br.[H+]. The molecule has 32 valence electrons. The quantitative estimate of drug-likeness (QED) is 0.642. The smallest absolute Gasteiger partial charge is 0.114 e. The summed E-state index contributed by atoms with van der Waals surface area (Å²) in [5, 5.41) is 0. The van der Waals surface area contributed by atoms with Gasteiger partial charge in [-0.25, -0.2) is 0 Å². The summed E-state index contributed by atoms with van der Waals surface area (Å²) >= 11 is 0. The molecule has 0 fully saturated rings. The number of hydrogen-bond acceptors (Lipinski definition) is 0. The van der Waals surface area contributed by atoms with E-state index < -0.39 is 0 Å². The molecule has 0 saturated carbocycles. The average Bonchev–Trinajstić information content (AvgIpc) is 0. The predicted octanol–water partition coefficient (Wildman–Crippen LogP) is 2.42. The second-order valence-electron chi connectivity index (χ2n) is 0. The van der Waals surface area contributed by atoms with Crippen molar-refractivity contribution in [2.24, 2.45) is 0 Å². The highest BCUT2D eigenvalue weighted by molar-refractivity contribution is 8.93. The molecule has 0 aromatic rings. The highest BCUT2D eigenvalue weighted by atomic mass is 79.9. The third-order valence-corrected chi connectivity index (χ3v) is 0. The Balaban J connectivity index is 0. The van der Waals surface area contributed by atoms with E-state index in [2.05, 4.69) is 0 Å². The van der Waals surface area contributed by atoms with Crippen LogP contribution in [0.2, 0.25) is 0 Å². The van der Waals surface area contributed by atoms with Crippen molar-refractivity contribution in [2.45, 2.75) is 0 Å². The van der Waals surface area contributed by atoms with Gasteiger partial charge in [-0.2, -0.15) is 0 Å². The van der Waals surface area contributed by atoms with Gasteiger partial charge in [-0.15, -0.1) is 67.9 Å². The van der Waals surface area contributed by atoms with Crippen LogP contribution in [0.3, 0.4) is 0 Å². The minimum Gasteiger partial charge on any atom is -0.114 e. The lowest BCUT2D eigenvalue weighted by Crippen LogP contribution is 0.845. The lowest BCUT2D eigenvalue weighted by molar-refractivity contribution is 8.93. The standard InChI is InChI=1S/4BrH/h4*1H/p+1. The lowest BCUT2D eigenvalue weighted by Gasteiger charge is -0.115. The Kier molecular flexibility index (Phi) is 199. The molecule has 0 aliphatic carbocycles. The van der Waals surface area contributed by atoms with Gasteiger partial charge in [-0.3, -0.25) is 0 Å². The van der Waals surface area contributed by atoms with Crippen molar-refractivity contribution >= 4 is 67.9 Å². The van der Waals surface area contributed by atoms with Gasteiger partial charge in [0, 0.05) is 0 Å². The molecule has 4 heavy (non-hydrogen) atoms. The van der Waals surface area contributed by atoms with Crippen LogP contribution in [0.25, 0.3) is 0 Å². The number of hydrogen-bond donors (Lipinski definition) is 0. The Labute approximate surface area is 68.9 Å². The maximum Gasteiger partial charge on any atom is 1.00 e. The zero-order chi connectivity index (χ0) is 0. The first kappa shape index (κ1) is 38.9. The first-order chi connectivity index (χ1) is 0. The van der Waals surface area contributed by atoms with Crippen molar-refractivity contribution in [1.82, 2.24) is 0 Å². The molecule has 0 unspecified atom stereocenters. The second-order valence-corrected chi connectivity index (χ2v) is 0. The summed E-state index contributed by atoms with van der Waals surface area (Å²) in [7, 11) is 0. The third-order valence-electron chi connectivity index (χ3n) is 0. The van der Waals surface area contributed by atoms with Crippen LogP contribution in [0.4, 0.5) is 0 Å². The summed E-state index contributed by atoms with van der Waals surface area (Å²) in [5.41, 5.74) is 0. The highest BCUT2D eigenvalue weighted by Crippen LogP contribution is 0.849. The van der Waals surface area contributed by atoms with Gasteiger partial charge >= 0.3 is 1.43 Å². The van der Waals surface area contributed by atoms with Crippen LogP contribution in [-0.2, 0) is 0 Å². The summed E-state index contributed by atoms with van der Waals surface area (Å²) in [6.07, 6.45) is 0. The van der Waals surface area contributed by atoms with Gasteiger partial charge in [0.25, 0.3) is 0 Å².